The number of nitrogens with one attached hydrogen (secondary N) is 2. The van der Waals surface area contributed by atoms with Gasteiger partial charge in [0.05, 0.1) is 12.1 Å². The van der Waals surface area contributed by atoms with E-state index < -0.39 is 0 Å². The fourth-order valence-electron chi connectivity index (χ4n) is 4.12. The summed E-state index contributed by atoms with van der Waals surface area (Å²) in [6.45, 7) is 0.783. The highest BCUT2D eigenvalue weighted by Gasteiger charge is 2.26. The Labute approximate surface area is 178 Å². The van der Waals surface area contributed by atoms with Crippen LogP contribution in [0, 0.1) is 0 Å². The zero-order valence-electron chi connectivity index (χ0n) is 16.9. The molecule has 5 heterocycles. The predicted molar refractivity (Wildman–Crippen MR) is 119 cm³/mol. The summed E-state index contributed by atoms with van der Waals surface area (Å²) >= 11 is 0. The Morgan fingerprint density at radius 3 is 2.71 bits per heavy atom. The lowest BCUT2D eigenvalue weighted by Crippen LogP contribution is -2.23. The second-order valence-electron chi connectivity index (χ2n) is 7.62. The first kappa shape index (κ1) is 17.6. The molecule has 1 unspecified atom stereocenters. The number of aryl methyl sites for hydroxylation is 1. The normalized spacial score (nSPS) is 15.1. The van der Waals surface area contributed by atoms with Crippen LogP contribution in [0.5, 0.6) is 0 Å². The molecule has 0 saturated heterocycles. The number of aromatic nitrogens is 6. The summed E-state index contributed by atoms with van der Waals surface area (Å²) in [5.74, 6) is 3.78. The molecule has 8 heteroatoms. The smallest absolute Gasteiger partial charge is 0.163 e. The highest BCUT2D eigenvalue weighted by molar-refractivity contribution is 5.74. The third-order valence-corrected chi connectivity index (χ3v) is 5.70. The van der Waals surface area contributed by atoms with Gasteiger partial charge in [0.1, 0.15) is 23.3 Å². The first-order valence-corrected chi connectivity index (χ1v) is 10.2. The van der Waals surface area contributed by atoms with Gasteiger partial charge < -0.3 is 10.6 Å². The van der Waals surface area contributed by atoms with Gasteiger partial charge in [-0.1, -0.05) is 30.3 Å². The van der Waals surface area contributed by atoms with E-state index in [1.807, 2.05) is 31.3 Å². The van der Waals surface area contributed by atoms with Gasteiger partial charge in [-0.05, 0) is 41.0 Å². The molecule has 0 saturated carbocycles. The Balaban J connectivity index is 1.39. The van der Waals surface area contributed by atoms with Crippen molar-refractivity contribution in [3.63, 3.8) is 0 Å². The van der Waals surface area contributed by atoms with E-state index in [1.165, 1.54) is 5.56 Å². The van der Waals surface area contributed by atoms with E-state index >= 15 is 0 Å². The fourth-order valence-corrected chi connectivity index (χ4v) is 4.12. The van der Waals surface area contributed by atoms with Crippen molar-refractivity contribution in [2.24, 2.45) is 7.05 Å². The van der Waals surface area contributed by atoms with Crippen molar-refractivity contribution < 1.29 is 0 Å². The van der Waals surface area contributed by atoms with Crippen LogP contribution in [0.2, 0.25) is 0 Å². The Hall–Kier alpha value is -4.20. The van der Waals surface area contributed by atoms with Crippen molar-refractivity contribution in [2.75, 3.05) is 17.2 Å². The second kappa shape index (κ2) is 6.94. The summed E-state index contributed by atoms with van der Waals surface area (Å²) in [6.07, 6.45) is 3.56. The Morgan fingerprint density at radius 2 is 1.87 bits per heavy atom. The van der Waals surface area contributed by atoms with Crippen molar-refractivity contribution in [1.82, 2.24) is 29.4 Å². The monoisotopic (exact) mass is 408 g/mol. The molecule has 0 radical (unpaired) electrons. The van der Waals surface area contributed by atoms with E-state index in [-0.39, 0.29) is 5.92 Å². The van der Waals surface area contributed by atoms with E-state index in [1.54, 1.807) is 17.1 Å². The van der Waals surface area contributed by atoms with E-state index in [4.69, 9.17) is 0 Å². The largest absolute Gasteiger partial charge is 0.370 e. The van der Waals surface area contributed by atoms with Crippen molar-refractivity contribution >= 4 is 23.1 Å². The highest BCUT2D eigenvalue weighted by Crippen LogP contribution is 2.34. The standard InChI is InChI=1S/C23H20N8/c1-30-20(8-10-26-30)27-19-11-16(7-9-24-19)17-12-21-25-14-18(15-5-3-2-4-6-15)23-29-28-22(13-17)31(21)23/h2-13,18,25H,14H2,1H3,(H,24,27). The number of nitrogens with zero attached hydrogens (tertiary/aromatic N) is 6. The second-order valence-corrected chi connectivity index (χ2v) is 7.62. The molecule has 1 aliphatic heterocycles. The van der Waals surface area contributed by atoms with Crippen molar-refractivity contribution in [3.8, 4) is 11.1 Å². The van der Waals surface area contributed by atoms with Gasteiger partial charge in [0.25, 0.3) is 0 Å². The van der Waals surface area contributed by atoms with E-state index in [2.05, 4.69) is 71.7 Å². The molecule has 1 aromatic carbocycles. The highest BCUT2D eigenvalue weighted by atomic mass is 15.3. The van der Waals surface area contributed by atoms with Gasteiger partial charge in [-0.15, -0.1) is 10.2 Å². The van der Waals surface area contributed by atoms with E-state index in [9.17, 15) is 0 Å². The maximum Gasteiger partial charge on any atom is 0.163 e. The maximum atomic E-state index is 4.53. The van der Waals surface area contributed by atoms with Gasteiger partial charge >= 0.3 is 0 Å². The molecule has 1 aliphatic rings. The summed E-state index contributed by atoms with van der Waals surface area (Å²) in [7, 11) is 1.89. The molecule has 1 atom stereocenters. The summed E-state index contributed by atoms with van der Waals surface area (Å²) in [4.78, 5) is 4.44. The van der Waals surface area contributed by atoms with Crippen LogP contribution in [-0.4, -0.2) is 35.9 Å². The zero-order valence-corrected chi connectivity index (χ0v) is 16.9. The van der Waals surface area contributed by atoms with Crippen LogP contribution in [0.4, 0.5) is 17.5 Å². The van der Waals surface area contributed by atoms with Gasteiger partial charge in [0, 0.05) is 25.9 Å². The molecule has 6 rings (SSSR count). The summed E-state index contributed by atoms with van der Waals surface area (Å²) in [5, 5.41) is 20.1. The lowest BCUT2D eigenvalue weighted by molar-refractivity contribution is 0.729. The van der Waals surface area contributed by atoms with Gasteiger partial charge in [-0.25, -0.2) is 4.98 Å². The number of hydrogen-bond acceptors (Lipinski definition) is 6. The molecular formula is C23H20N8. The topological polar surface area (TPSA) is 85.0 Å². The van der Waals surface area contributed by atoms with Crippen molar-refractivity contribution in [2.45, 2.75) is 5.92 Å². The summed E-state index contributed by atoms with van der Waals surface area (Å²) < 4.78 is 3.88. The molecule has 31 heavy (non-hydrogen) atoms. The minimum atomic E-state index is 0.171. The quantitative estimate of drug-likeness (QED) is 0.470. The van der Waals surface area contributed by atoms with E-state index in [0.29, 0.717) is 0 Å². The molecular weight excluding hydrogens is 388 g/mol. The number of rotatable bonds is 4. The van der Waals surface area contributed by atoms with Crippen LogP contribution in [0.3, 0.4) is 0 Å². The first-order valence-electron chi connectivity index (χ1n) is 10.2. The SMILES string of the molecule is Cn1nccc1Nc1cc(-c2cc3n4c(nnc4c2)C(c2ccccc2)CN3)ccn1. The molecule has 152 valence electrons. The third-order valence-electron chi connectivity index (χ3n) is 5.70. The maximum absolute atomic E-state index is 4.53. The average molecular weight is 408 g/mol. The van der Waals surface area contributed by atoms with Crippen molar-refractivity contribution in [3.05, 3.63) is 84.4 Å². The van der Waals surface area contributed by atoms with Crippen molar-refractivity contribution in [1.29, 1.82) is 0 Å². The molecule has 0 amide bonds. The molecule has 4 aromatic heterocycles. The van der Waals surface area contributed by atoms with Gasteiger partial charge in [-0.2, -0.15) is 5.10 Å². The molecule has 0 spiro atoms. The summed E-state index contributed by atoms with van der Waals surface area (Å²) in [5.41, 5.74) is 4.17. The van der Waals surface area contributed by atoms with Crippen LogP contribution >= 0.6 is 0 Å². The third kappa shape index (κ3) is 3.00. The lowest BCUT2D eigenvalue weighted by Gasteiger charge is -2.24. The molecule has 8 nitrogen and oxygen atoms in total. The van der Waals surface area contributed by atoms with Gasteiger partial charge in [0.2, 0.25) is 0 Å². The minimum Gasteiger partial charge on any atom is -0.370 e. The molecule has 0 bridgehead atoms. The predicted octanol–water partition coefficient (Wildman–Crippen LogP) is 3.83. The van der Waals surface area contributed by atoms with Crippen LogP contribution in [0.15, 0.2) is 73.1 Å². The number of hydrogen-bond donors (Lipinski definition) is 2. The van der Waals surface area contributed by atoms with Crippen LogP contribution in [0.1, 0.15) is 17.3 Å². The Morgan fingerprint density at radius 1 is 0.968 bits per heavy atom. The number of benzene rings is 1. The van der Waals surface area contributed by atoms with Crippen LogP contribution in [-0.2, 0) is 7.05 Å². The lowest BCUT2D eigenvalue weighted by atomic mass is 9.96. The average Bonchev–Trinajstić information content (AvgIpc) is 3.42. The van der Waals surface area contributed by atoms with Gasteiger partial charge in [0.15, 0.2) is 5.65 Å². The molecule has 0 fully saturated rings. The molecule has 0 aliphatic carbocycles. The van der Waals surface area contributed by atoms with Crippen LogP contribution < -0.4 is 10.6 Å². The zero-order chi connectivity index (χ0) is 20.8. The Kier molecular flexibility index (Phi) is 3.95. The Bertz CT molecular complexity index is 1390. The summed E-state index contributed by atoms with van der Waals surface area (Å²) in [6, 6.07) is 20.6. The van der Waals surface area contributed by atoms with E-state index in [0.717, 1.165) is 46.6 Å². The first-order chi connectivity index (χ1) is 15.3. The number of anilines is 3. The molecule has 2 N–H and O–H groups in total. The fraction of sp³-hybridized carbons (Fsp3) is 0.130. The molecule has 5 aromatic rings. The van der Waals surface area contributed by atoms with Crippen LogP contribution in [0.25, 0.3) is 16.8 Å². The number of pyridine rings is 2. The van der Waals surface area contributed by atoms with Gasteiger partial charge in [-0.3, -0.25) is 9.08 Å². The minimum absolute atomic E-state index is 0.171.